The fourth-order valence-corrected chi connectivity index (χ4v) is 3.67. The monoisotopic (exact) mass is 422 g/mol. The Morgan fingerprint density at radius 3 is 2.53 bits per heavy atom. The van der Waals surface area contributed by atoms with Gasteiger partial charge in [0, 0.05) is 31.3 Å². The Morgan fingerprint density at radius 1 is 1.03 bits per heavy atom. The van der Waals surface area contributed by atoms with Gasteiger partial charge in [0.05, 0.1) is 10.9 Å². The highest BCUT2D eigenvalue weighted by molar-refractivity contribution is 7.20. The zero-order chi connectivity index (χ0) is 21.1. The molecule has 4 aromatic rings. The summed E-state index contributed by atoms with van der Waals surface area (Å²) in [5, 5.41) is 13.8. The summed E-state index contributed by atoms with van der Waals surface area (Å²) in [7, 11) is 0. The molecule has 2 amide bonds. The summed E-state index contributed by atoms with van der Waals surface area (Å²) in [5.74, 6) is -0.366. The van der Waals surface area contributed by atoms with Gasteiger partial charge in [-0.15, -0.1) is 5.10 Å². The van der Waals surface area contributed by atoms with E-state index in [0.717, 1.165) is 5.69 Å². The van der Waals surface area contributed by atoms with Crippen LogP contribution in [0.3, 0.4) is 0 Å². The van der Waals surface area contributed by atoms with Crippen LogP contribution in [0.1, 0.15) is 17.3 Å². The van der Waals surface area contributed by atoms with E-state index in [4.69, 9.17) is 0 Å². The molecule has 2 aromatic heterocycles. The molecule has 0 aliphatic rings. The van der Waals surface area contributed by atoms with Crippen molar-refractivity contribution < 1.29 is 9.59 Å². The van der Waals surface area contributed by atoms with Gasteiger partial charge >= 0.3 is 0 Å². The molecular weight excluding hydrogens is 404 g/mol. The fraction of sp³-hybridized carbons (Fsp3) is 0.150. The van der Waals surface area contributed by atoms with Crippen LogP contribution in [0.4, 0.5) is 10.8 Å². The number of rotatable bonds is 6. The lowest BCUT2D eigenvalue weighted by Crippen LogP contribution is -2.33. The smallest absolute Gasteiger partial charge is 0.283 e. The molecule has 0 fully saturated rings. The van der Waals surface area contributed by atoms with Crippen molar-refractivity contribution in [3.63, 3.8) is 0 Å². The molecule has 9 nitrogen and oxygen atoms in total. The normalized spacial score (nSPS) is 10.8. The van der Waals surface area contributed by atoms with Crippen LogP contribution < -0.4 is 21.5 Å². The first-order chi connectivity index (χ1) is 14.5. The molecule has 0 atom stereocenters. The maximum Gasteiger partial charge on any atom is 0.283 e. The predicted molar refractivity (Wildman–Crippen MR) is 115 cm³/mol. The highest BCUT2D eigenvalue weighted by Crippen LogP contribution is 2.23. The fourth-order valence-electron chi connectivity index (χ4n) is 2.85. The first-order valence-electron chi connectivity index (χ1n) is 9.19. The Bertz CT molecular complexity index is 1300. The Morgan fingerprint density at radius 2 is 1.77 bits per heavy atom. The number of nitrogens with zero attached hydrogens (tertiary/aromatic N) is 3. The number of carbonyl (C=O) groups is 2. The van der Waals surface area contributed by atoms with Gasteiger partial charge in [-0.05, 0) is 36.4 Å². The molecule has 10 heteroatoms. The number of anilines is 2. The molecule has 3 N–H and O–H groups in total. The molecule has 0 bridgehead atoms. The number of hydrogen-bond donors (Lipinski definition) is 3. The van der Waals surface area contributed by atoms with Crippen molar-refractivity contribution in [1.82, 2.24) is 25.2 Å². The zero-order valence-electron chi connectivity index (χ0n) is 16.0. The van der Waals surface area contributed by atoms with Crippen molar-refractivity contribution in [3.05, 3.63) is 64.4 Å². The van der Waals surface area contributed by atoms with Crippen LogP contribution in [0.5, 0.6) is 0 Å². The minimum absolute atomic E-state index is 0.139. The number of nitrogens with one attached hydrogen (secondary N) is 3. The molecule has 0 saturated carbocycles. The van der Waals surface area contributed by atoms with Gasteiger partial charge in [0.25, 0.3) is 11.5 Å². The number of amides is 2. The molecule has 0 radical (unpaired) electrons. The molecule has 2 aromatic carbocycles. The summed E-state index contributed by atoms with van der Waals surface area (Å²) in [6.45, 7) is 2.15. The topological polar surface area (TPSA) is 117 Å². The Balaban J connectivity index is 1.47. The Hall–Kier alpha value is -3.79. The average molecular weight is 422 g/mol. The molecular formula is C20H18N6O3S. The summed E-state index contributed by atoms with van der Waals surface area (Å²) in [4.78, 5) is 40.5. The number of hydrogen-bond acceptors (Lipinski definition) is 7. The summed E-state index contributed by atoms with van der Waals surface area (Å²) in [6.07, 6.45) is 0. The van der Waals surface area contributed by atoms with Crippen LogP contribution in [0, 0.1) is 0 Å². The van der Waals surface area contributed by atoms with E-state index < -0.39 is 0 Å². The first kappa shape index (κ1) is 19.5. The van der Waals surface area contributed by atoms with Crippen molar-refractivity contribution in [2.24, 2.45) is 0 Å². The third kappa shape index (κ3) is 4.13. The van der Waals surface area contributed by atoms with Gasteiger partial charge in [0.15, 0.2) is 0 Å². The third-order valence-corrected chi connectivity index (χ3v) is 5.11. The van der Waals surface area contributed by atoms with Crippen molar-refractivity contribution in [3.8, 4) is 0 Å². The summed E-state index contributed by atoms with van der Waals surface area (Å²) < 4.78 is 1.28. The summed E-state index contributed by atoms with van der Waals surface area (Å²) in [5.41, 5.74) is 1.64. The van der Waals surface area contributed by atoms with Gasteiger partial charge in [-0.3, -0.25) is 14.4 Å². The molecule has 2 heterocycles. The standard InChI is InChI=1S/C20H18N6O3S/c1-12(27)21-10-11-22-17(28)13-6-8-14(9-7-13)23-19-25-26-18(29)15-4-2-3-5-16(15)24-20(26)30-19/h2-9H,10-11H2,1H3,(H,21,27)(H,22,28)(H,23,25). The van der Waals surface area contributed by atoms with E-state index >= 15 is 0 Å². The third-order valence-electron chi connectivity index (χ3n) is 4.29. The van der Waals surface area contributed by atoms with Crippen molar-refractivity contribution in [1.29, 1.82) is 0 Å². The first-order valence-corrected chi connectivity index (χ1v) is 10.0. The number of aromatic nitrogens is 3. The van der Waals surface area contributed by atoms with Crippen molar-refractivity contribution in [2.45, 2.75) is 6.92 Å². The Kier molecular flexibility index (Phi) is 5.40. The lowest BCUT2D eigenvalue weighted by atomic mass is 10.2. The largest absolute Gasteiger partial charge is 0.355 e. The number of fused-ring (bicyclic) bond motifs is 2. The minimum Gasteiger partial charge on any atom is -0.355 e. The van der Waals surface area contributed by atoms with Crippen molar-refractivity contribution >= 4 is 49.8 Å². The summed E-state index contributed by atoms with van der Waals surface area (Å²) in [6, 6.07) is 14.0. The molecule has 0 saturated heterocycles. The van der Waals surface area contributed by atoms with E-state index in [1.165, 1.54) is 22.8 Å². The number of carbonyl (C=O) groups excluding carboxylic acids is 2. The maximum atomic E-state index is 12.6. The van der Waals surface area contributed by atoms with E-state index in [9.17, 15) is 14.4 Å². The lowest BCUT2D eigenvalue weighted by molar-refractivity contribution is -0.118. The highest BCUT2D eigenvalue weighted by atomic mass is 32.1. The number of benzene rings is 2. The van der Waals surface area contributed by atoms with Crippen LogP contribution >= 0.6 is 11.3 Å². The summed E-state index contributed by atoms with van der Waals surface area (Å²) >= 11 is 1.26. The van der Waals surface area contributed by atoms with E-state index in [1.54, 1.807) is 42.5 Å². The Labute approximate surface area is 174 Å². The lowest BCUT2D eigenvalue weighted by Gasteiger charge is -2.07. The molecule has 0 aliphatic carbocycles. The molecule has 30 heavy (non-hydrogen) atoms. The molecule has 0 aliphatic heterocycles. The molecule has 0 spiro atoms. The van der Waals surface area contributed by atoms with Crippen LogP contribution in [-0.4, -0.2) is 39.5 Å². The second-order valence-electron chi connectivity index (χ2n) is 6.48. The van der Waals surface area contributed by atoms with Crippen molar-refractivity contribution in [2.75, 3.05) is 18.4 Å². The molecule has 4 rings (SSSR count). The van der Waals surface area contributed by atoms with Crippen LogP contribution in [-0.2, 0) is 4.79 Å². The average Bonchev–Trinajstić information content (AvgIpc) is 3.14. The van der Waals surface area contributed by atoms with E-state index in [2.05, 4.69) is 26.0 Å². The predicted octanol–water partition coefficient (Wildman–Crippen LogP) is 1.91. The zero-order valence-corrected chi connectivity index (χ0v) is 16.8. The van der Waals surface area contributed by atoms with Crippen LogP contribution in [0.2, 0.25) is 0 Å². The van der Waals surface area contributed by atoms with E-state index in [-0.39, 0.29) is 17.4 Å². The highest BCUT2D eigenvalue weighted by Gasteiger charge is 2.11. The second kappa shape index (κ2) is 8.29. The SMILES string of the molecule is CC(=O)NCCNC(=O)c1ccc(Nc2nn3c(=O)c4ccccc4nc3s2)cc1. The minimum atomic E-state index is -0.227. The van der Waals surface area contributed by atoms with Gasteiger partial charge in [-0.2, -0.15) is 4.52 Å². The van der Waals surface area contributed by atoms with E-state index in [1.807, 2.05) is 6.07 Å². The van der Waals surface area contributed by atoms with Gasteiger partial charge in [0.1, 0.15) is 0 Å². The molecule has 0 unspecified atom stereocenters. The van der Waals surface area contributed by atoms with Crippen LogP contribution in [0.15, 0.2) is 53.3 Å². The number of para-hydroxylation sites is 1. The molecule has 152 valence electrons. The quantitative estimate of drug-likeness (QED) is 0.409. The van der Waals surface area contributed by atoms with Gasteiger partial charge in [-0.1, -0.05) is 23.5 Å². The second-order valence-corrected chi connectivity index (χ2v) is 7.43. The van der Waals surface area contributed by atoms with Gasteiger partial charge < -0.3 is 16.0 Å². The van der Waals surface area contributed by atoms with Gasteiger partial charge in [-0.25, -0.2) is 4.98 Å². The van der Waals surface area contributed by atoms with E-state index in [0.29, 0.717) is 39.6 Å². The maximum absolute atomic E-state index is 12.6. The van der Waals surface area contributed by atoms with Gasteiger partial charge in [0.2, 0.25) is 16.0 Å². The van der Waals surface area contributed by atoms with Crippen LogP contribution in [0.25, 0.3) is 15.9 Å².